The molecule has 12 heteroatoms. The van der Waals surface area contributed by atoms with E-state index in [1.165, 1.54) is 24.9 Å². The molecule has 2 aromatic carbocycles. The van der Waals surface area contributed by atoms with Crippen LogP contribution in [0.5, 0.6) is 11.5 Å². The Morgan fingerprint density at radius 3 is 2.62 bits per heavy atom. The third-order valence-corrected chi connectivity index (χ3v) is 7.82. The highest BCUT2D eigenvalue weighted by atomic mass is 32.1. The minimum Gasteiger partial charge on any atom is -0.497 e. The second kappa shape index (κ2) is 11.5. The van der Waals surface area contributed by atoms with Crippen LogP contribution in [0.25, 0.3) is 17.4 Å². The summed E-state index contributed by atoms with van der Waals surface area (Å²) in [6.07, 6.45) is 1.58. The summed E-state index contributed by atoms with van der Waals surface area (Å²) in [5.74, 6) is 1.16. The molecule has 0 saturated heterocycles. The number of aryl methyl sites for hydroxylation is 1. The van der Waals surface area contributed by atoms with Crippen LogP contribution in [0.4, 0.5) is 5.69 Å². The van der Waals surface area contributed by atoms with Gasteiger partial charge in [0.1, 0.15) is 29.1 Å². The summed E-state index contributed by atoms with van der Waals surface area (Å²) >= 11 is 1.14. The molecule has 42 heavy (non-hydrogen) atoms. The minimum absolute atomic E-state index is 0.0143. The molecule has 0 unspecified atom stereocenters. The standard InChI is InChI=1S/C30H27N3O8S/c1-6-40-29(35)26-17(3)31-30-32(27(26)21-14-19(38-4)9-12-24(21)39-5)28(34)25(42-30)15-20-10-11-23(41-20)18-8-7-16(2)22(13-18)33(36)37/h7-15,27H,6H2,1-5H3/b25-15-/t27-/m1/s1. The van der Waals surface area contributed by atoms with Crippen molar-refractivity contribution < 1.29 is 28.3 Å². The number of hydrogen-bond donors (Lipinski definition) is 0. The summed E-state index contributed by atoms with van der Waals surface area (Å²) < 4.78 is 24.1. The highest BCUT2D eigenvalue weighted by molar-refractivity contribution is 7.07. The summed E-state index contributed by atoms with van der Waals surface area (Å²) in [4.78, 5) is 43.1. The zero-order valence-electron chi connectivity index (χ0n) is 23.5. The number of rotatable bonds is 8. The molecule has 0 aliphatic carbocycles. The second-order valence-corrected chi connectivity index (χ2v) is 10.4. The van der Waals surface area contributed by atoms with Crippen LogP contribution in [0.2, 0.25) is 0 Å². The average Bonchev–Trinajstić information content (AvgIpc) is 3.56. The lowest BCUT2D eigenvalue weighted by Gasteiger charge is -2.26. The van der Waals surface area contributed by atoms with E-state index >= 15 is 0 Å². The van der Waals surface area contributed by atoms with Crippen molar-refractivity contribution in [2.75, 3.05) is 20.8 Å². The molecule has 11 nitrogen and oxygen atoms in total. The van der Waals surface area contributed by atoms with Gasteiger partial charge in [-0.15, -0.1) is 0 Å². The maximum atomic E-state index is 13.9. The van der Waals surface area contributed by atoms with Gasteiger partial charge in [-0.05, 0) is 51.1 Å². The van der Waals surface area contributed by atoms with Gasteiger partial charge in [-0.2, -0.15) is 0 Å². The number of carbonyl (C=O) groups excluding carboxylic acids is 1. The number of ether oxygens (including phenoxy) is 3. The number of thiazole rings is 1. The van der Waals surface area contributed by atoms with Gasteiger partial charge in [-0.25, -0.2) is 9.79 Å². The molecule has 0 amide bonds. The van der Waals surface area contributed by atoms with Gasteiger partial charge in [0.15, 0.2) is 4.80 Å². The van der Waals surface area contributed by atoms with E-state index in [1.807, 2.05) is 0 Å². The highest BCUT2D eigenvalue weighted by Gasteiger charge is 2.35. The monoisotopic (exact) mass is 589 g/mol. The van der Waals surface area contributed by atoms with Gasteiger partial charge in [-0.1, -0.05) is 23.5 Å². The van der Waals surface area contributed by atoms with Gasteiger partial charge >= 0.3 is 5.97 Å². The number of benzene rings is 2. The van der Waals surface area contributed by atoms with Gasteiger partial charge in [0, 0.05) is 28.8 Å². The van der Waals surface area contributed by atoms with Crippen LogP contribution < -0.4 is 24.4 Å². The molecule has 0 fully saturated rings. The molecule has 2 aromatic heterocycles. The van der Waals surface area contributed by atoms with E-state index in [4.69, 9.17) is 18.6 Å². The fourth-order valence-electron chi connectivity index (χ4n) is 4.81. The van der Waals surface area contributed by atoms with Crippen molar-refractivity contribution in [3.63, 3.8) is 0 Å². The maximum Gasteiger partial charge on any atom is 0.338 e. The molecule has 1 aliphatic rings. The fraction of sp³-hybridized carbons (Fsp3) is 0.233. The quantitative estimate of drug-likeness (QED) is 0.169. The molecular weight excluding hydrogens is 562 g/mol. The molecule has 0 saturated carbocycles. The van der Waals surface area contributed by atoms with E-state index < -0.39 is 22.5 Å². The minimum atomic E-state index is -0.896. The summed E-state index contributed by atoms with van der Waals surface area (Å²) in [6.45, 7) is 5.21. The predicted octanol–water partition coefficient (Wildman–Crippen LogP) is 4.29. The Hall–Kier alpha value is -4.97. The summed E-state index contributed by atoms with van der Waals surface area (Å²) in [6, 6.07) is 12.5. The smallest absolute Gasteiger partial charge is 0.338 e. The third-order valence-electron chi connectivity index (χ3n) is 6.84. The first-order valence-electron chi connectivity index (χ1n) is 12.9. The van der Waals surface area contributed by atoms with Crippen LogP contribution in [0.15, 0.2) is 74.0 Å². The number of nitrogens with zero attached hydrogens (tertiary/aromatic N) is 3. The SMILES string of the molecule is CCOC(=O)C1=C(C)N=c2s/c(=C\c3ccc(-c4ccc(C)c([N+](=O)[O-])c4)o3)c(=O)n2[C@@H]1c1cc(OC)ccc1OC. The summed E-state index contributed by atoms with van der Waals surface area (Å²) in [7, 11) is 3.03. The molecule has 1 aliphatic heterocycles. The van der Waals surface area contributed by atoms with Gasteiger partial charge in [0.2, 0.25) is 0 Å². The average molecular weight is 590 g/mol. The van der Waals surface area contributed by atoms with E-state index in [-0.39, 0.29) is 17.9 Å². The zero-order chi connectivity index (χ0) is 30.1. The Bertz CT molecular complexity index is 1930. The fourth-order valence-corrected chi connectivity index (χ4v) is 5.84. The molecule has 1 atom stereocenters. The van der Waals surface area contributed by atoms with Crippen LogP contribution in [0, 0.1) is 17.0 Å². The summed E-state index contributed by atoms with van der Waals surface area (Å²) in [5, 5.41) is 11.4. The van der Waals surface area contributed by atoms with E-state index in [9.17, 15) is 19.7 Å². The lowest BCUT2D eigenvalue weighted by Crippen LogP contribution is -2.40. The van der Waals surface area contributed by atoms with Crippen molar-refractivity contribution in [3.8, 4) is 22.8 Å². The lowest BCUT2D eigenvalue weighted by atomic mass is 9.95. The molecule has 3 heterocycles. The van der Waals surface area contributed by atoms with Crippen molar-refractivity contribution in [2.24, 2.45) is 4.99 Å². The van der Waals surface area contributed by atoms with E-state index in [0.29, 0.717) is 54.7 Å². The predicted molar refractivity (Wildman–Crippen MR) is 155 cm³/mol. The zero-order valence-corrected chi connectivity index (χ0v) is 24.3. The first kappa shape index (κ1) is 28.6. The Labute approximate surface area is 243 Å². The Morgan fingerprint density at radius 1 is 1.14 bits per heavy atom. The van der Waals surface area contributed by atoms with Gasteiger partial charge in [-0.3, -0.25) is 19.5 Å². The van der Waals surface area contributed by atoms with E-state index in [2.05, 4.69) is 4.99 Å². The first-order valence-corrected chi connectivity index (χ1v) is 13.7. The molecule has 0 N–H and O–H groups in total. The van der Waals surface area contributed by atoms with Gasteiger partial charge in [0.05, 0.1) is 41.6 Å². The Morgan fingerprint density at radius 2 is 1.93 bits per heavy atom. The second-order valence-electron chi connectivity index (χ2n) is 9.37. The van der Waals surface area contributed by atoms with E-state index in [0.717, 1.165) is 11.3 Å². The van der Waals surface area contributed by atoms with Crippen molar-refractivity contribution in [1.29, 1.82) is 0 Å². The Balaban J connectivity index is 1.66. The molecule has 4 aromatic rings. The van der Waals surface area contributed by atoms with Crippen molar-refractivity contribution in [2.45, 2.75) is 26.8 Å². The van der Waals surface area contributed by atoms with Crippen molar-refractivity contribution in [1.82, 2.24) is 4.57 Å². The van der Waals surface area contributed by atoms with Crippen molar-refractivity contribution in [3.05, 3.63) is 106 Å². The van der Waals surface area contributed by atoms with Crippen LogP contribution in [0.3, 0.4) is 0 Å². The molecule has 5 rings (SSSR count). The molecular formula is C30H27N3O8S. The molecule has 0 radical (unpaired) electrons. The lowest BCUT2D eigenvalue weighted by molar-refractivity contribution is -0.385. The summed E-state index contributed by atoms with van der Waals surface area (Å²) in [5.41, 5.74) is 1.82. The highest BCUT2D eigenvalue weighted by Crippen LogP contribution is 2.38. The largest absolute Gasteiger partial charge is 0.497 e. The number of nitro groups is 1. The number of nitro benzene ring substituents is 1. The normalized spacial score (nSPS) is 14.8. The Kier molecular flexibility index (Phi) is 7.81. The number of allylic oxidation sites excluding steroid dienone is 1. The third kappa shape index (κ3) is 5.12. The number of aromatic nitrogens is 1. The number of hydrogen-bond acceptors (Lipinski definition) is 10. The van der Waals surface area contributed by atoms with Crippen LogP contribution in [0.1, 0.15) is 36.8 Å². The number of methoxy groups -OCH3 is 2. The molecule has 216 valence electrons. The number of carbonyl (C=O) groups is 1. The van der Waals surface area contributed by atoms with E-state index in [1.54, 1.807) is 69.3 Å². The molecule has 0 spiro atoms. The van der Waals surface area contributed by atoms with Crippen LogP contribution >= 0.6 is 11.3 Å². The topological polar surface area (TPSA) is 135 Å². The van der Waals surface area contributed by atoms with Crippen LogP contribution in [-0.2, 0) is 9.53 Å². The van der Waals surface area contributed by atoms with Gasteiger partial charge < -0.3 is 18.6 Å². The van der Waals surface area contributed by atoms with Crippen LogP contribution in [-0.4, -0.2) is 36.3 Å². The number of esters is 1. The maximum absolute atomic E-state index is 13.9. The first-order chi connectivity index (χ1) is 20.2. The van der Waals surface area contributed by atoms with Crippen molar-refractivity contribution >= 4 is 29.1 Å². The number of fused-ring (bicyclic) bond motifs is 1. The van der Waals surface area contributed by atoms with Gasteiger partial charge in [0.25, 0.3) is 11.2 Å². The number of furan rings is 1. The molecule has 0 bridgehead atoms.